The first-order valence-electron chi connectivity index (χ1n) is 7.85. The standard InChI is InChI=1S/C18H18N4O3/c1-13(12-22-10-3-9-19-22)20-17(23)14-5-7-15(8-6-14)21-18(24)16-4-2-11-25-16/h2-11,13H,12H2,1H3,(H,20,23)(H,21,24)/t13-/m1/s1. The number of hydrogen-bond acceptors (Lipinski definition) is 4. The van der Waals surface area contributed by atoms with Crippen LogP contribution in [0.3, 0.4) is 0 Å². The van der Waals surface area contributed by atoms with Crippen molar-refractivity contribution in [1.29, 1.82) is 0 Å². The van der Waals surface area contributed by atoms with Crippen LogP contribution in [0.5, 0.6) is 0 Å². The Kier molecular flexibility index (Phi) is 4.94. The maximum Gasteiger partial charge on any atom is 0.291 e. The zero-order chi connectivity index (χ0) is 17.6. The molecule has 0 aliphatic carbocycles. The summed E-state index contributed by atoms with van der Waals surface area (Å²) in [6, 6.07) is 11.7. The van der Waals surface area contributed by atoms with Gasteiger partial charge in [0.25, 0.3) is 11.8 Å². The number of carbonyl (C=O) groups is 2. The van der Waals surface area contributed by atoms with Crippen molar-refractivity contribution in [3.8, 4) is 0 Å². The van der Waals surface area contributed by atoms with Crippen LogP contribution in [-0.4, -0.2) is 27.6 Å². The van der Waals surface area contributed by atoms with Crippen molar-refractivity contribution in [1.82, 2.24) is 15.1 Å². The summed E-state index contributed by atoms with van der Waals surface area (Å²) in [7, 11) is 0. The highest BCUT2D eigenvalue weighted by molar-refractivity contribution is 6.02. The van der Waals surface area contributed by atoms with Crippen LogP contribution in [0.25, 0.3) is 0 Å². The average molecular weight is 338 g/mol. The first kappa shape index (κ1) is 16.5. The average Bonchev–Trinajstić information content (AvgIpc) is 3.29. The number of carbonyl (C=O) groups excluding carboxylic acids is 2. The largest absolute Gasteiger partial charge is 0.459 e. The lowest BCUT2D eigenvalue weighted by atomic mass is 10.1. The Bertz CT molecular complexity index is 824. The third kappa shape index (κ3) is 4.35. The molecular formula is C18H18N4O3. The predicted molar refractivity (Wildman–Crippen MR) is 92.3 cm³/mol. The number of benzene rings is 1. The van der Waals surface area contributed by atoms with E-state index in [1.54, 1.807) is 47.3 Å². The van der Waals surface area contributed by atoms with Gasteiger partial charge in [0.1, 0.15) is 0 Å². The molecule has 7 heteroatoms. The fourth-order valence-corrected chi connectivity index (χ4v) is 2.35. The van der Waals surface area contributed by atoms with Crippen LogP contribution >= 0.6 is 0 Å². The maximum absolute atomic E-state index is 12.3. The smallest absolute Gasteiger partial charge is 0.291 e. The molecule has 0 bridgehead atoms. The third-order valence-corrected chi connectivity index (χ3v) is 3.55. The van der Waals surface area contributed by atoms with Crippen LogP contribution in [-0.2, 0) is 6.54 Å². The third-order valence-electron chi connectivity index (χ3n) is 3.55. The van der Waals surface area contributed by atoms with E-state index in [1.807, 2.05) is 19.2 Å². The van der Waals surface area contributed by atoms with Gasteiger partial charge in [0.05, 0.1) is 12.8 Å². The second kappa shape index (κ2) is 7.48. The van der Waals surface area contributed by atoms with Gasteiger partial charge in [0.15, 0.2) is 5.76 Å². The Balaban J connectivity index is 1.56. The SMILES string of the molecule is C[C@H](Cn1cccn1)NC(=O)c1ccc(NC(=O)c2ccco2)cc1. The number of aromatic nitrogens is 2. The first-order valence-corrected chi connectivity index (χ1v) is 7.85. The molecule has 2 heterocycles. The van der Waals surface area contributed by atoms with Crippen LogP contribution in [0.15, 0.2) is 65.5 Å². The van der Waals surface area contributed by atoms with Crippen LogP contribution in [0.1, 0.15) is 27.8 Å². The fraction of sp³-hybridized carbons (Fsp3) is 0.167. The second-order valence-electron chi connectivity index (χ2n) is 5.61. The van der Waals surface area contributed by atoms with Gasteiger partial charge >= 0.3 is 0 Å². The van der Waals surface area contributed by atoms with Gasteiger partial charge in [0, 0.05) is 29.7 Å². The van der Waals surface area contributed by atoms with Gasteiger partial charge in [-0.1, -0.05) is 0 Å². The van der Waals surface area contributed by atoms with E-state index in [-0.39, 0.29) is 23.6 Å². The molecule has 0 spiro atoms. The Morgan fingerprint density at radius 2 is 1.96 bits per heavy atom. The molecule has 2 aromatic heterocycles. The molecule has 7 nitrogen and oxygen atoms in total. The highest BCUT2D eigenvalue weighted by atomic mass is 16.3. The normalized spacial score (nSPS) is 11.7. The van der Waals surface area contributed by atoms with Crippen LogP contribution < -0.4 is 10.6 Å². The van der Waals surface area contributed by atoms with E-state index >= 15 is 0 Å². The van der Waals surface area contributed by atoms with Crippen LogP contribution in [0.2, 0.25) is 0 Å². The molecule has 0 fully saturated rings. The molecular weight excluding hydrogens is 320 g/mol. The van der Waals surface area contributed by atoms with Gasteiger partial charge < -0.3 is 15.1 Å². The molecule has 25 heavy (non-hydrogen) atoms. The number of hydrogen-bond donors (Lipinski definition) is 2. The molecule has 1 atom stereocenters. The lowest BCUT2D eigenvalue weighted by Crippen LogP contribution is -2.35. The highest BCUT2D eigenvalue weighted by Crippen LogP contribution is 2.12. The monoisotopic (exact) mass is 338 g/mol. The van der Waals surface area contributed by atoms with Gasteiger partial charge in [-0.05, 0) is 49.4 Å². The Morgan fingerprint density at radius 3 is 2.60 bits per heavy atom. The van der Waals surface area contributed by atoms with Gasteiger partial charge in [-0.2, -0.15) is 5.10 Å². The molecule has 0 unspecified atom stereocenters. The first-order chi connectivity index (χ1) is 12.1. The van der Waals surface area contributed by atoms with Crippen molar-refractivity contribution in [3.63, 3.8) is 0 Å². The molecule has 0 saturated heterocycles. The minimum atomic E-state index is -0.338. The summed E-state index contributed by atoms with van der Waals surface area (Å²) in [5.74, 6) is -0.284. The minimum Gasteiger partial charge on any atom is -0.459 e. The van der Waals surface area contributed by atoms with Gasteiger partial charge in [-0.3, -0.25) is 14.3 Å². The molecule has 2 amide bonds. The van der Waals surface area contributed by atoms with E-state index in [0.29, 0.717) is 17.8 Å². The zero-order valence-corrected chi connectivity index (χ0v) is 13.7. The van der Waals surface area contributed by atoms with Crippen molar-refractivity contribution < 1.29 is 14.0 Å². The number of amides is 2. The van der Waals surface area contributed by atoms with Crippen LogP contribution in [0, 0.1) is 0 Å². The van der Waals surface area contributed by atoms with Crippen molar-refractivity contribution in [3.05, 3.63) is 72.4 Å². The second-order valence-corrected chi connectivity index (χ2v) is 5.61. The van der Waals surface area contributed by atoms with Crippen molar-refractivity contribution >= 4 is 17.5 Å². The van der Waals surface area contributed by atoms with E-state index in [1.165, 1.54) is 6.26 Å². The molecule has 0 saturated carbocycles. The molecule has 1 aromatic carbocycles. The molecule has 128 valence electrons. The number of rotatable bonds is 6. The van der Waals surface area contributed by atoms with Gasteiger partial charge in [-0.25, -0.2) is 0 Å². The molecule has 2 N–H and O–H groups in total. The predicted octanol–water partition coefficient (Wildman–Crippen LogP) is 2.55. The maximum atomic E-state index is 12.3. The van der Waals surface area contributed by atoms with Crippen molar-refractivity contribution in [2.24, 2.45) is 0 Å². The van der Waals surface area contributed by atoms with E-state index in [9.17, 15) is 9.59 Å². The number of nitrogens with zero attached hydrogens (tertiary/aromatic N) is 2. The lowest BCUT2D eigenvalue weighted by Gasteiger charge is -2.14. The van der Waals surface area contributed by atoms with E-state index in [2.05, 4.69) is 15.7 Å². The Hall–Kier alpha value is -3.35. The summed E-state index contributed by atoms with van der Waals surface area (Å²) in [5.41, 5.74) is 1.10. The summed E-state index contributed by atoms with van der Waals surface area (Å²) < 4.78 is 6.80. The quantitative estimate of drug-likeness (QED) is 0.723. The number of furan rings is 1. The number of anilines is 1. The highest BCUT2D eigenvalue weighted by Gasteiger charge is 2.12. The fourth-order valence-electron chi connectivity index (χ4n) is 2.35. The summed E-state index contributed by atoms with van der Waals surface area (Å²) in [6.45, 7) is 2.51. The molecule has 0 aliphatic heterocycles. The Morgan fingerprint density at radius 1 is 1.16 bits per heavy atom. The molecule has 0 aliphatic rings. The van der Waals surface area contributed by atoms with E-state index in [0.717, 1.165) is 0 Å². The van der Waals surface area contributed by atoms with E-state index in [4.69, 9.17) is 4.42 Å². The summed E-state index contributed by atoms with van der Waals surface area (Å²) in [4.78, 5) is 24.2. The number of nitrogens with one attached hydrogen (secondary N) is 2. The molecule has 0 radical (unpaired) electrons. The summed E-state index contributed by atoms with van der Waals surface area (Å²) >= 11 is 0. The minimum absolute atomic E-state index is 0.0641. The Labute approximate surface area is 144 Å². The van der Waals surface area contributed by atoms with Gasteiger partial charge in [0.2, 0.25) is 0 Å². The molecule has 3 rings (SSSR count). The van der Waals surface area contributed by atoms with Crippen molar-refractivity contribution in [2.75, 3.05) is 5.32 Å². The summed E-state index contributed by atoms with van der Waals surface area (Å²) in [5, 5.41) is 9.73. The van der Waals surface area contributed by atoms with Crippen molar-refractivity contribution in [2.45, 2.75) is 19.5 Å². The lowest BCUT2D eigenvalue weighted by molar-refractivity contribution is 0.0935. The zero-order valence-electron chi connectivity index (χ0n) is 13.7. The summed E-state index contributed by atoms with van der Waals surface area (Å²) in [6.07, 6.45) is 4.98. The van der Waals surface area contributed by atoms with Gasteiger partial charge in [-0.15, -0.1) is 0 Å². The van der Waals surface area contributed by atoms with E-state index < -0.39 is 0 Å². The van der Waals surface area contributed by atoms with Crippen LogP contribution in [0.4, 0.5) is 5.69 Å². The topological polar surface area (TPSA) is 89.2 Å². The molecule has 3 aromatic rings.